The van der Waals surface area contributed by atoms with Crippen molar-refractivity contribution in [3.05, 3.63) is 11.7 Å². The molecule has 2 rings (SSSR count). The molecule has 0 spiro atoms. The first-order valence-corrected chi connectivity index (χ1v) is 6.68. The predicted octanol–water partition coefficient (Wildman–Crippen LogP) is 2.18. The van der Waals surface area contributed by atoms with Gasteiger partial charge in [0.05, 0.1) is 12.1 Å². The van der Waals surface area contributed by atoms with E-state index in [1.54, 1.807) is 0 Å². The molecule has 1 aliphatic heterocycles. The lowest BCUT2D eigenvalue weighted by atomic mass is 9.94. The van der Waals surface area contributed by atoms with Crippen LogP contribution in [0.2, 0.25) is 0 Å². The maximum Gasteiger partial charge on any atom is 0.411 e. The summed E-state index contributed by atoms with van der Waals surface area (Å²) in [7, 11) is 0. The third kappa shape index (κ3) is 3.69. The minimum atomic E-state index is -4.30. The summed E-state index contributed by atoms with van der Waals surface area (Å²) < 4.78 is 45.5. The second kappa shape index (κ2) is 6.09. The van der Waals surface area contributed by atoms with E-state index < -0.39 is 12.8 Å². The number of nitrogens with zero attached hydrogens (tertiary/aromatic N) is 2. The Morgan fingerprint density at radius 2 is 2.25 bits per heavy atom. The van der Waals surface area contributed by atoms with Gasteiger partial charge in [-0.1, -0.05) is 12.1 Å². The summed E-state index contributed by atoms with van der Waals surface area (Å²) in [6.07, 6.45) is -1.29. The SMILES string of the molecule is CCC1(c2nc(CCOCC(F)(F)F)no2)CCCN1. The van der Waals surface area contributed by atoms with E-state index in [0.717, 1.165) is 25.8 Å². The van der Waals surface area contributed by atoms with Crippen LogP contribution in [0.1, 0.15) is 37.9 Å². The van der Waals surface area contributed by atoms with Gasteiger partial charge in [-0.2, -0.15) is 18.2 Å². The summed E-state index contributed by atoms with van der Waals surface area (Å²) in [6, 6.07) is 0. The van der Waals surface area contributed by atoms with Crippen molar-refractivity contribution in [2.75, 3.05) is 19.8 Å². The molecule has 1 unspecified atom stereocenters. The fourth-order valence-corrected chi connectivity index (χ4v) is 2.34. The molecule has 0 aliphatic carbocycles. The van der Waals surface area contributed by atoms with Gasteiger partial charge in [-0.15, -0.1) is 0 Å². The summed E-state index contributed by atoms with van der Waals surface area (Å²) in [5, 5.41) is 7.16. The van der Waals surface area contributed by atoms with Crippen molar-refractivity contribution in [1.82, 2.24) is 15.5 Å². The fourth-order valence-electron chi connectivity index (χ4n) is 2.34. The highest BCUT2D eigenvalue weighted by atomic mass is 19.4. The third-order valence-corrected chi connectivity index (χ3v) is 3.46. The standard InChI is InChI=1S/C12H18F3N3O2/c1-2-11(5-3-6-16-11)10-17-9(18-20-10)4-7-19-8-12(13,14)15/h16H,2-8H2,1H3. The van der Waals surface area contributed by atoms with Crippen molar-refractivity contribution in [2.24, 2.45) is 0 Å². The first-order chi connectivity index (χ1) is 9.45. The van der Waals surface area contributed by atoms with Crippen LogP contribution >= 0.6 is 0 Å². The van der Waals surface area contributed by atoms with E-state index in [2.05, 4.69) is 20.2 Å². The van der Waals surface area contributed by atoms with Crippen molar-refractivity contribution in [1.29, 1.82) is 0 Å². The third-order valence-electron chi connectivity index (χ3n) is 3.46. The molecule has 8 heteroatoms. The van der Waals surface area contributed by atoms with Gasteiger partial charge in [0.25, 0.3) is 0 Å². The smallest absolute Gasteiger partial charge is 0.372 e. The molecular formula is C12H18F3N3O2. The molecule has 0 amide bonds. The van der Waals surface area contributed by atoms with E-state index in [1.165, 1.54) is 0 Å². The minimum absolute atomic E-state index is 0.0783. The summed E-state index contributed by atoms with van der Waals surface area (Å²) in [6.45, 7) is 1.61. The molecule has 5 nitrogen and oxygen atoms in total. The van der Waals surface area contributed by atoms with Crippen LogP contribution in [-0.2, 0) is 16.7 Å². The van der Waals surface area contributed by atoms with E-state index in [1.807, 2.05) is 6.92 Å². The van der Waals surface area contributed by atoms with Gasteiger partial charge < -0.3 is 14.6 Å². The normalized spacial score (nSPS) is 23.4. The van der Waals surface area contributed by atoms with Gasteiger partial charge in [0.15, 0.2) is 5.82 Å². The zero-order valence-corrected chi connectivity index (χ0v) is 11.3. The number of ether oxygens (including phenoxy) is 1. The molecule has 114 valence electrons. The Morgan fingerprint density at radius 1 is 1.45 bits per heavy atom. The average molecular weight is 293 g/mol. The zero-order chi connectivity index (χ0) is 14.6. The van der Waals surface area contributed by atoms with Crippen molar-refractivity contribution in [3.63, 3.8) is 0 Å². The van der Waals surface area contributed by atoms with E-state index in [0.29, 0.717) is 11.7 Å². The van der Waals surface area contributed by atoms with Crippen LogP contribution < -0.4 is 5.32 Å². The van der Waals surface area contributed by atoms with E-state index in [-0.39, 0.29) is 18.6 Å². The van der Waals surface area contributed by atoms with Crippen molar-refractivity contribution in [3.8, 4) is 0 Å². The Morgan fingerprint density at radius 3 is 2.85 bits per heavy atom. The molecule has 1 atom stereocenters. The topological polar surface area (TPSA) is 60.2 Å². The number of aromatic nitrogens is 2. The Kier molecular flexibility index (Phi) is 4.64. The molecular weight excluding hydrogens is 275 g/mol. The lowest BCUT2D eigenvalue weighted by molar-refractivity contribution is -0.173. The number of halogens is 3. The Bertz CT molecular complexity index is 428. The van der Waals surface area contributed by atoms with Crippen LogP contribution in [0.3, 0.4) is 0 Å². The van der Waals surface area contributed by atoms with Gasteiger partial charge in [0.2, 0.25) is 5.89 Å². The highest BCUT2D eigenvalue weighted by Gasteiger charge is 2.38. The molecule has 0 bridgehead atoms. The van der Waals surface area contributed by atoms with Crippen LogP contribution in [-0.4, -0.2) is 36.1 Å². The van der Waals surface area contributed by atoms with Crippen LogP contribution in [0.25, 0.3) is 0 Å². The van der Waals surface area contributed by atoms with Gasteiger partial charge >= 0.3 is 6.18 Å². The van der Waals surface area contributed by atoms with Gasteiger partial charge in [-0.3, -0.25) is 0 Å². The molecule has 1 aliphatic rings. The quantitative estimate of drug-likeness (QED) is 0.815. The van der Waals surface area contributed by atoms with Crippen LogP contribution in [0, 0.1) is 0 Å². The molecule has 1 N–H and O–H groups in total. The van der Waals surface area contributed by atoms with Gasteiger partial charge in [0.1, 0.15) is 6.61 Å². The minimum Gasteiger partial charge on any atom is -0.372 e. The lowest BCUT2D eigenvalue weighted by Crippen LogP contribution is -2.36. The molecule has 1 aromatic rings. The maximum atomic E-state index is 11.9. The van der Waals surface area contributed by atoms with E-state index in [9.17, 15) is 13.2 Å². The molecule has 1 saturated heterocycles. The highest BCUT2D eigenvalue weighted by molar-refractivity contribution is 5.06. The molecule has 0 saturated carbocycles. The number of nitrogens with one attached hydrogen (secondary N) is 1. The maximum absolute atomic E-state index is 11.9. The molecule has 0 aromatic carbocycles. The summed E-state index contributed by atoms with van der Waals surface area (Å²) >= 11 is 0. The van der Waals surface area contributed by atoms with Crippen LogP contribution in [0.4, 0.5) is 13.2 Å². The Balaban J connectivity index is 1.86. The van der Waals surface area contributed by atoms with Crippen LogP contribution in [0.15, 0.2) is 4.52 Å². The predicted molar refractivity (Wildman–Crippen MR) is 64.1 cm³/mol. The molecule has 1 aromatic heterocycles. The molecule has 2 heterocycles. The van der Waals surface area contributed by atoms with Crippen molar-refractivity contribution in [2.45, 2.75) is 44.3 Å². The summed E-state index contributed by atoms with van der Waals surface area (Å²) in [5.41, 5.74) is -0.280. The summed E-state index contributed by atoms with van der Waals surface area (Å²) in [5.74, 6) is 0.895. The van der Waals surface area contributed by atoms with Gasteiger partial charge in [-0.05, 0) is 25.8 Å². The monoisotopic (exact) mass is 293 g/mol. The van der Waals surface area contributed by atoms with Crippen molar-refractivity contribution >= 4 is 0 Å². The second-order valence-corrected chi connectivity index (χ2v) is 4.90. The number of rotatable bonds is 6. The lowest BCUT2D eigenvalue weighted by Gasteiger charge is -2.22. The molecule has 1 fully saturated rings. The summed E-state index contributed by atoms with van der Waals surface area (Å²) in [4.78, 5) is 4.27. The van der Waals surface area contributed by atoms with Crippen LogP contribution in [0.5, 0.6) is 0 Å². The first kappa shape index (κ1) is 15.2. The average Bonchev–Trinajstić information content (AvgIpc) is 3.03. The van der Waals surface area contributed by atoms with E-state index in [4.69, 9.17) is 4.52 Å². The Labute approximate surface area is 114 Å². The molecule has 0 radical (unpaired) electrons. The second-order valence-electron chi connectivity index (χ2n) is 4.90. The Hall–Kier alpha value is -1.15. The number of hydrogen-bond donors (Lipinski definition) is 1. The largest absolute Gasteiger partial charge is 0.411 e. The highest BCUT2D eigenvalue weighted by Crippen LogP contribution is 2.32. The molecule has 20 heavy (non-hydrogen) atoms. The number of hydrogen-bond acceptors (Lipinski definition) is 5. The van der Waals surface area contributed by atoms with Gasteiger partial charge in [0, 0.05) is 6.42 Å². The number of alkyl halides is 3. The van der Waals surface area contributed by atoms with Crippen molar-refractivity contribution < 1.29 is 22.4 Å². The first-order valence-electron chi connectivity index (χ1n) is 6.68. The van der Waals surface area contributed by atoms with E-state index >= 15 is 0 Å². The fraction of sp³-hybridized carbons (Fsp3) is 0.833. The van der Waals surface area contributed by atoms with Gasteiger partial charge in [-0.25, -0.2) is 0 Å². The zero-order valence-electron chi connectivity index (χ0n) is 11.3.